The first kappa shape index (κ1) is 9.40. The monoisotopic (exact) mass is 173 g/mol. The van der Waals surface area contributed by atoms with Crippen molar-refractivity contribution in [1.82, 2.24) is 0 Å². The highest BCUT2D eigenvalue weighted by Gasteiger charge is 2.15. The molecular weight excluding hydrogens is 154 g/mol. The lowest BCUT2D eigenvalue weighted by Crippen LogP contribution is -2.18. The van der Waals surface area contributed by atoms with Crippen molar-refractivity contribution in [1.29, 1.82) is 0 Å². The number of hydrogen-bond donors (Lipinski definition) is 1. The van der Waals surface area contributed by atoms with Gasteiger partial charge in [-0.25, -0.2) is 0 Å². The quantitative estimate of drug-likeness (QED) is 0.708. The van der Waals surface area contributed by atoms with Crippen LogP contribution < -0.4 is 5.73 Å². The van der Waals surface area contributed by atoms with E-state index in [1.54, 1.807) is 0 Å². The fraction of sp³-hybridized carbons (Fsp3) is 1.00. The van der Waals surface area contributed by atoms with Crippen LogP contribution in [0, 0.1) is 5.92 Å². The summed E-state index contributed by atoms with van der Waals surface area (Å²) in [6.07, 6.45) is 5.63. The van der Waals surface area contributed by atoms with Crippen molar-refractivity contribution in [2.45, 2.75) is 37.9 Å². The molecule has 1 nitrogen and oxygen atoms in total. The molecule has 1 saturated heterocycles. The van der Waals surface area contributed by atoms with Crippen LogP contribution in [0.3, 0.4) is 0 Å². The SMILES string of the molecule is CC(CN)CC1CCCCS1. The molecule has 0 radical (unpaired) electrons. The van der Waals surface area contributed by atoms with E-state index in [9.17, 15) is 0 Å². The smallest absolute Gasteiger partial charge is 0.00500 e. The molecule has 0 bridgehead atoms. The Morgan fingerprint density at radius 1 is 1.55 bits per heavy atom. The van der Waals surface area contributed by atoms with Crippen LogP contribution in [0.5, 0.6) is 0 Å². The van der Waals surface area contributed by atoms with Crippen LogP contribution in [0.2, 0.25) is 0 Å². The standard InChI is InChI=1S/C9H19NS/c1-8(7-10)6-9-4-2-3-5-11-9/h8-9H,2-7,10H2,1H3. The van der Waals surface area contributed by atoms with Gasteiger partial charge in [-0.1, -0.05) is 13.3 Å². The van der Waals surface area contributed by atoms with Gasteiger partial charge in [0.15, 0.2) is 0 Å². The van der Waals surface area contributed by atoms with E-state index in [-0.39, 0.29) is 0 Å². The van der Waals surface area contributed by atoms with Crippen LogP contribution in [-0.2, 0) is 0 Å². The molecule has 0 aromatic carbocycles. The van der Waals surface area contributed by atoms with Crippen molar-refractivity contribution in [3.63, 3.8) is 0 Å². The molecule has 2 atom stereocenters. The minimum absolute atomic E-state index is 0.727. The highest BCUT2D eigenvalue weighted by Crippen LogP contribution is 2.29. The molecule has 0 amide bonds. The van der Waals surface area contributed by atoms with Crippen LogP contribution in [0.1, 0.15) is 32.6 Å². The van der Waals surface area contributed by atoms with E-state index in [0.717, 1.165) is 17.7 Å². The summed E-state index contributed by atoms with van der Waals surface area (Å²) < 4.78 is 0. The molecule has 1 aliphatic rings. The Labute approximate surface area is 74.1 Å². The third-order valence-electron chi connectivity index (χ3n) is 2.34. The van der Waals surface area contributed by atoms with E-state index < -0.39 is 0 Å². The lowest BCUT2D eigenvalue weighted by molar-refractivity contribution is 0.501. The van der Waals surface area contributed by atoms with Crippen LogP contribution in [-0.4, -0.2) is 17.5 Å². The van der Waals surface area contributed by atoms with Crippen molar-refractivity contribution in [2.24, 2.45) is 11.7 Å². The van der Waals surface area contributed by atoms with Gasteiger partial charge in [0.2, 0.25) is 0 Å². The average molecular weight is 173 g/mol. The minimum Gasteiger partial charge on any atom is -0.330 e. The molecular formula is C9H19NS. The average Bonchev–Trinajstić information content (AvgIpc) is 2.06. The summed E-state index contributed by atoms with van der Waals surface area (Å²) in [4.78, 5) is 0. The largest absolute Gasteiger partial charge is 0.330 e. The van der Waals surface area contributed by atoms with E-state index in [2.05, 4.69) is 18.7 Å². The van der Waals surface area contributed by atoms with Crippen molar-refractivity contribution in [3.05, 3.63) is 0 Å². The van der Waals surface area contributed by atoms with Crippen molar-refractivity contribution < 1.29 is 0 Å². The normalized spacial score (nSPS) is 28.4. The van der Waals surface area contributed by atoms with Gasteiger partial charge in [0.05, 0.1) is 0 Å². The summed E-state index contributed by atoms with van der Waals surface area (Å²) in [5.41, 5.74) is 5.58. The van der Waals surface area contributed by atoms with E-state index in [1.165, 1.54) is 31.4 Å². The topological polar surface area (TPSA) is 26.0 Å². The van der Waals surface area contributed by atoms with E-state index in [1.807, 2.05) is 0 Å². The Morgan fingerprint density at radius 3 is 2.91 bits per heavy atom. The summed E-state index contributed by atoms with van der Waals surface area (Å²) in [5, 5.41) is 0.919. The van der Waals surface area contributed by atoms with Gasteiger partial charge in [0.1, 0.15) is 0 Å². The zero-order valence-corrected chi connectivity index (χ0v) is 8.20. The van der Waals surface area contributed by atoms with Gasteiger partial charge in [-0.3, -0.25) is 0 Å². The van der Waals surface area contributed by atoms with Crippen LogP contribution in [0.25, 0.3) is 0 Å². The van der Waals surface area contributed by atoms with Gasteiger partial charge in [0, 0.05) is 5.25 Å². The summed E-state index contributed by atoms with van der Waals surface area (Å²) in [7, 11) is 0. The second kappa shape index (κ2) is 5.04. The van der Waals surface area contributed by atoms with Gasteiger partial charge in [-0.2, -0.15) is 11.8 Å². The Hall–Kier alpha value is 0.310. The molecule has 1 fully saturated rings. The number of nitrogens with two attached hydrogens (primary N) is 1. The second-order valence-electron chi connectivity index (χ2n) is 3.57. The fourth-order valence-corrected chi connectivity index (χ4v) is 3.04. The third kappa shape index (κ3) is 3.48. The highest BCUT2D eigenvalue weighted by molar-refractivity contribution is 7.99. The predicted octanol–water partition coefficient (Wildman–Crippen LogP) is 2.26. The Morgan fingerprint density at radius 2 is 2.36 bits per heavy atom. The van der Waals surface area contributed by atoms with Gasteiger partial charge >= 0.3 is 0 Å². The molecule has 1 aliphatic heterocycles. The molecule has 2 heteroatoms. The molecule has 1 rings (SSSR count). The van der Waals surface area contributed by atoms with Gasteiger partial charge < -0.3 is 5.73 Å². The van der Waals surface area contributed by atoms with E-state index >= 15 is 0 Å². The van der Waals surface area contributed by atoms with E-state index in [0.29, 0.717) is 0 Å². The first-order chi connectivity index (χ1) is 5.33. The van der Waals surface area contributed by atoms with Crippen LogP contribution >= 0.6 is 11.8 Å². The molecule has 11 heavy (non-hydrogen) atoms. The van der Waals surface area contributed by atoms with Crippen LogP contribution in [0.15, 0.2) is 0 Å². The zero-order chi connectivity index (χ0) is 8.10. The van der Waals surface area contributed by atoms with Gasteiger partial charge in [-0.15, -0.1) is 0 Å². The summed E-state index contributed by atoms with van der Waals surface area (Å²) >= 11 is 2.15. The molecule has 2 unspecified atom stereocenters. The lowest BCUT2D eigenvalue weighted by Gasteiger charge is -2.23. The first-order valence-corrected chi connectivity index (χ1v) is 5.69. The highest BCUT2D eigenvalue weighted by atomic mass is 32.2. The second-order valence-corrected chi connectivity index (χ2v) is 4.97. The van der Waals surface area contributed by atoms with Crippen molar-refractivity contribution >= 4 is 11.8 Å². The summed E-state index contributed by atoms with van der Waals surface area (Å²) in [6.45, 7) is 3.12. The van der Waals surface area contributed by atoms with Crippen molar-refractivity contribution in [3.8, 4) is 0 Å². The fourth-order valence-electron chi connectivity index (χ4n) is 1.54. The van der Waals surface area contributed by atoms with Crippen molar-refractivity contribution in [2.75, 3.05) is 12.3 Å². The predicted molar refractivity (Wildman–Crippen MR) is 52.9 cm³/mol. The molecule has 1 heterocycles. The first-order valence-electron chi connectivity index (χ1n) is 4.64. The molecule has 66 valence electrons. The maximum Gasteiger partial charge on any atom is 0.00500 e. The molecule has 0 aromatic heterocycles. The Balaban J connectivity index is 2.13. The number of rotatable bonds is 3. The number of hydrogen-bond acceptors (Lipinski definition) is 2. The summed E-state index contributed by atoms with van der Waals surface area (Å²) in [5.74, 6) is 2.10. The Bertz CT molecular complexity index is 99.7. The lowest BCUT2D eigenvalue weighted by atomic mass is 10.0. The maximum absolute atomic E-state index is 5.58. The van der Waals surface area contributed by atoms with E-state index in [4.69, 9.17) is 5.73 Å². The maximum atomic E-state index is 5.58. The van der Waals surface area contributed by atoms with Gasteiger partial charge in [0.25, 0.3) is 0 Å². The van der Waals surface area contributed by atoms with Gasteiger partial charge in [-0.05, 0) is 37.5 Å². The molecule has 0 aliphatic carbocycles. The molecule has 2 N–H and O–H groups in total. The Kier molecular flexibility index (Phi) is 4.31. The summed E-state index contributed by atoms with van der Waals surface area (Å²) in [6, 6.07) is 0. The number of thioether (sulfide) groups is 1. The third-order valence-corrected chi connectivity index (χ3v) is 3.77. The van der Waals surface area contributed by atoms with Crippen LogP contribution in [0.4, 0.5) is 0 Å². The minimum atomic E-state index is 0.727. The molecule has 0 spiro atoms. The molecule has 0 saturated carbocycles. The molecule has 0 aromatic rings. The zero-order valence-electron chi connectivity index (χ0n) is 7.38.